The van der Waals surface area contributed by atoms with Gasteiger partial charge in [0.2, 0.25) is 5.91 Å². The number of primary amides is 1. The van der Waals surface area contributed by atoms with Crippen LogP contribution in [0.1, 0.15) is 30.1 Å². The monoisotopic (exact) mass is 301 g/mol. The lowest BCUT2D eigenvalue weighted by Gasteiger charge is -2.08. The molecular weight excluding hydrogens is 282 g/mol. The highest BCUT2D eigenvalue weighted by Gasteiger charge is 2.07. The molecule has 0 fully saturated rings. The minimum atomic E-state index is -0.485. The average molecular weight is 301 g/mol. The summed E-state index contributed by atoms with van der Waals surface area (Å²) in [6, 6.07) is 8.65. The smallest absolute Gasteiger partial charge is 0.410 e. The van der Waals surface area contributed by atoms with Gasteiger partial charge in [0, 0.05) is 30.7 Å². The molecule has 0 atom stereocenters. The van der Waals surface area contributed by atoms with E-state index in [1.807, 2.05) is 13.0 Å². The van der Waals surface area contributed by atoms with Crippen LogP contribution in [0.25, 0.3) is 5.69 Å². The summed E-state index contributed by atoms with van der Waals surface area (Å²) in [5, 5.41) is 2.68. The largest absolute Gasteiger partial charge is 0.412 e. The number of unbranched alkanes of at least 4 members (excludes halogenated alkanes) is 1. The van der Waals surface area contributed by atoms with Gasteiger partial charge in [-0.25, -0.2) is 4.79 Å². The number of nitrogens with one attached hydrogen (secondary N) is 1. The second kappa shape index (κ2) is 7.31. The zero-order valence-corrected chi connectivity index (χ0v) is 12.4. The second-order valence-electron chi connectivity index (χ2n) is 4.84. The van der Waals surface area contributed by atoms with E-state index in [2.05, 4.69) is 5.32 Å². The van der Waals surface area contributed by atoms with Crippen LogP contribution in [0, 0.1) is 0 Å². The quantitative estimate of drug-likeness (QED) is 0.804. The highest BCUT2D eigenvalue weighted by Crippen LogP contribution is 2.18. The molecule has 116 valence electrons. The van der Waals surface area contributed by atoms with Crippen molar-refractivity contribution < 1.29 is 14.3 Å². The van der Waals surface area contributed by atoms with Crippen molar-refractivity contribution in [2.24, 2.45) is 5.73 Å². The van der Waals surface area contributed by atoms with Gasteiger partial charge in [-0.2, -0.15) is 0 Å². The highest BCUT2D eigenvalue weighted by molar-refractivity contribution is 5.92. The van der Waals surface area contributed by atoms with E-state index in [0.29, 0.717) is 17.9 Å². The molecule has 2 aromatic rings. The number of amides is 2. The molecule has 1 heterocycles. The van der Waals surface area contributed by atoms with Crippen molar-refractivity contribution in [1.29, 1.82) is 0 Å². The first-order valence-corrected chi connectivity index (χ1v) is 7.14. The minimum absolute atomic E-state index is 0.420. The van der Waals surface area contributed by atoms with E-state index in [1.165, 1.54) is 0 Å². The van der Waals surface area contributed by atoms with Gasteiger partial charge in [0.15, 0.2) is 0 Å². The molecule has 0 aliphatic heterocycles. The van der Waals surface area contributed by atoms with Crippen LogP contribution in [0.15, 0.2) is 42.7 Å². The van der Waals surface area contributed by atoms with Crippen molar-refractivity contribution in [2.45, 2.75) is 19.8 Å². The molecule has 0 unspecified atom stereocenters. The van der Waals surface area contributed by atoms with Gasteiger partial charge in [-0.1, -0.05) is 19.4 Å². The molecule has 6 nitrogen and oxygen atoms in total. The Balaban J connectivity index is 2.06. The standard InChI is InChI=1S/C16H19N3O3/c1-2-3-8-18-16(21)22-14-6-4-5-13(10-14)19-9-7-12(11-19)15(17)20/h4-7,9-11H,2-3,8H2,1H3,(H2,17,20)(H,18,21). The first-order chi connectivity index (χ1) is 10.6. The lowest BCUT2D eigenvalue weighted by atomic mass is 10.3. The van der Waals surface area contributed by atoms with E-state index in [9.17, 15) is 9.59 Å². The van der Waals surface area contributed by atoms with E-state index in [4.69, 9.17) is 10.5 Å². The molecule has 0 bridgehead atoms. The van der Waals surface area contributed by atoms with Crippen LogP contribution in [0.2, 0.25) is 0 Å². The van der Waals surface area contributed by atoms with E-state index in [1.54, 1.807) is 41.2 Å². The fraction of sp³-hybridized carbons (Fsp3) is 0.250. The van der Waals surface area contributed by atoms with Gasteiger partial charge >= 0.3 is 6.09 Å². The van der Waals surface area contributed by atoms with Crippen LogP contribution >= 0.6 is 0 Å². The Bertz CT molecular complexity index is 664. The number of ether oxygens (including phenoxy) is 1. The Hall–Kier alpha value is -2.76. The Morgan fingerprint density at radius 1 is 1.32 bits per heavy atom. The predicted octanol–water partition coefficient (Wildman–Crippen LogP) is 2.46. The van der Waals surface area contributed by atoms with Crippen LogP contribution in [0.4, 0.5) is 4.79 Å². The number of carbonyl (C=O) groups excluding carboxylic acids is 2. The summed E-state index contributed by atoms with van der Waals surface area (Å²) in [6.07, 6.45) is 4.79. The average Bonchev–Trinajstić information content (AvgIpc) is 2.98. The molecular formula is C16H19N3O3. The Morgan fingerprint density at radius 2 is 2.14 bits per heavy atom. The maximum absolute atomic E-state index is 11.6. The number of rotatable bonds is 6. The van der Waals surface area contributed by atoms with Crippen LogP contribution in [0.3, 0.4) is 0 Å². The Morgan fingerprint density at radius 3 is 2.82 bits per heavy atom. The van der Waals surface area contributed by atoms with Gasteiger partial charge in [0.25, 0.3) is 0 Å². The zero-order valence-electron chi connectivity index (χ0n) is 12.4. The number of hydrogen-bond acceptors (Lipinski definition) is 3. The van der Waals surface area contributed by atoms with Gasteiger partial charge < -0.3 is 20.4 Å². The van der Waals surface area contributed by atoms with Gasteiger partial charge in [0.05, 0.1) is 5.56 Å². The molecule has 0 aliphatic carbocycles. The second-order valence-corrected chi connectivity index (χ2v) is 4.84. The SMILES string of the molecule is CCCCNC(=O)Oc1cccc(-n2ccc(C(N)=O)c2)c1. The number of nitrogens with zero attached hydrogens (tertiary/aromatic N) is 1. The maximum Gasteiger partial charge on any atom is 0.412 e. The number of hydrogen-bond donors (Lipinski definition) is 2. The van der Waals surface area contributed by atoms with Gasteiger partial charge in [-0.05, 0) is 24.6 Å². The lowest BCUT2D eigenvalue weighted by molar-refractivity contribution is 0.100. The van der Waals surface area contributed by atoms with E-state index >= 15 is 0 Å². The molecule has 2 amide bonds. The van der Waals surface area contributed by atoms with Crippen molar-refractivity contribution in [1.82, 2.24) is 9.88 Å². The Kier molecular flexibility index (Phi) is 5.19. The first-order valence-electron chi connectivity index (χ1n) is 7.14. The Labute approximate surface area is 128 Å². The van der Waals surface area contributed by atoms with Crippen molar-refractivity contribution in [3.8, 4) is 11.4 Å². The molecule has 1 aromatic heterocycles. The third-order valence-corrected chi connectivity index (χ3v) is 3.10. The maximum atomic E-state index is 11.6. The van der Waals surface area contributed by atoms with Crippen molar-refractivity contribution in [2.75, 3.05) is 6.54 Å². The van der Waals surface area contributed by atoms with Gasteiger partial charge in [-0.3, -0.25) is 4.79 Å². The molecule has 22 heavy (non-hydrogen) atoms. The summed E-state index contributed by atoms with van der Waals surface area (Å²) < 4.78 is 6.96. The number of carbonyl (C=O) groups is 2. The molecule has 0 aliphatic rings. The zero-order chi connectivity index (χ0) is 15.9. The molecule has 3 N–H and O–H groups in total. The fourth-order valence-corrected chi connectivity index (χ4v) is 1.92. The third-order valence-electron chi connectivity index (χ3n) is 3.10. The topological polar surface area (TPSA) is 86.3 Å². The van der Waals surface area contributed by atoms with Gasteiger partial charge in [0.1, 0.15) is 5.75 Å². The molecule has 1 aromatic carbocycles. The van der Waals surface area contributed by atoms with Crippen LogP contribution in [-0.4, -0.2) is 23.1 Å². The predicted molar refractivity (Wildman–Crippen MR) is 83.2 cm³/mol. The van der Waals surface area contributed by atoms with Crippen molar-refractivity contribution in [3.63, 3.8) is 0 Å². The summed E-state index contributed by atoms with van der Waals surface area (Å²) >= 11 is 0. The molecule has 0 spiro atoms. The molecule has 0 saturated carbocycles. The van der Waals surface area contributed by atoms with E-state index < -0.39 is 12.0 Å². The van der Waals surface area contributed by atoms with Crippen LogP contribution < -0.4 is 15.8 Å². The van der Waals surface area contributed by atoms with Crippen LogP contribution in [0.5, 0.6) is 5.75 Å². The summed E-state index contributed by atoms with van der Waals surface area (Å²) in [6.45, 7) is 2.64. The minimum Gasteiger partial charge on any atom is -0.410 e. The summed E-state index contributed by atoms with van der Waals surface area (Å²) in [7, 11) is 0. The van der Waals surface area contributed by atoms with Crippen LogP contribution in [-0.2, 0) is 0 Å². The molecule has 6 heteroatoms. The third kappa shape index (κ3) is 4.12. The number of aromatic nitrogens is 1. The summed E-state index contributed by atoms with van der Waals surface area (Å²) in [4.78, 5) is 22.7. The van der Waals surface area contributed by atoms with E-state index in [-0.39, 0.29) is 0 Å². The van der Waals surface area contributed by atoms with Crippen molar-refractivity contribution >= 4 is 12.0 Å². The number of nitrogens with two attached hydrogens (primary N) is 1. The van der Waals surface area contributed by atoms with Crippen molar-refractivity contribution in [3.05, 3.63) is 48.3 Å². The molecule has 0 saturated heterocycles. The molecule has 2 rings (SSSR count). The fourth-order valence-electron chi connectivity index (χ4n) is 1.92. The summed E-state index contributed by atoms with van der Waals surface area (Å²) in [5.41, 5.74) is 6.42. The first kappa shape index (κ1) is 15.6. The summed E-state index contributed by atoms with van der Waals surface area (Å²) in [5.74, 6) is -0.0534. The van der Waals surface area contributed by atoms with Gasteiger partial charge in [-0.15, -0.1) is 0 Å². The normalized spacial score (nSPS) is 10.2. The molecule has 0 radical (unpaired) electrons. The number of benzene rings is 1. The lowest BCUT2D eigenvalue weighted by Crippen LogP contribution is -2.27. The highest BCUT2D eigenvalue weighted by atomic mass is 16.6. The van der Waals surface area contributed by atoms with E-state index in [0.717, 1.165) is 18.5 Å².